The van der Waals surface area contributed by atoms with Gasteiger partial charge in [0.05, 0.1) is 6.42 Å². The molecule has 0 aliphatic carbocycles. The second-order valence-corrected chi connectivity index (χ2v) is 3.95. The molecule has 1 N–H and O–H groups in total. The van der Waals surface area contributed by atoms with Crippen molar-refractivity contribution < 1.29 is 9.21 Å². The zero-order valence-corrected chi connectivity index (χ0v) is 9.91. The van der Waals surface area contributed by atoms with Crippen LogP contribution in [0.4, 0.5) is 5.95 Å². The Labute approximate surface area is 108 Å². The summed E-state index contributed by atoms with van der Waals surface area (Å²) in [5.74, 6) is 0.123. The third kappa shape index (κ3) is 2.57. The minimum atomic E-state index is -0.176. The molecule has 6 heteroatoms. The fourth-order valence-corrected chi connectivity index (χ4v) is 1.73. The SMILES string of the molecule is O=C(Cc1ccc2ncoc2c1)Nc1ncccn1. The van der Waals surface area contributed by atoms with Crippen molar-refractivity contribution in [3.05, 3.63) is 48.6 Å². The van der Waals surface area contributed by atoms with Crippen molar-refractivity contribution in [2.45, 2.75) is 6.42 Å². The van der Waals surface area contributed by atoms with E-state index in [4.69, 9.17) is 4.42 Å². The molecule has 1 aromatic carbocycles. The first kappa shape index (κ1) is 11.3. The summed E-state index contributed by atoms with van der Waals surface area (Å²) in [5, 5.41) is 2.62. The van der Waals surface area contributed by atoms with Crippen molar-refractivity contribution in [3.8, 4) is 0 Å². The van der Waals surface area contributed by atoms with Gasteiger partial charge in [-0.3, -0.25) is 10.1 Å². The minimum absolute atomic E-state index is 0.176. The topological polar surface area (TPSA) is 80.9 Å². The van der Waals surface area contributed by atoms with E-state index in [1.54, 1.807) is 24.5 Å². The molecule has 0 aliphatic heterocycles. The predicted molar refractivity (Wildman–Crippen MR) is 68.4 cm³/mol. The van der Waals surface area contributed by atoms with E-state index < -0.39 is 0 Å². The Kier molecular flexibility index (Phi) is 2.89. The lowest BCUT2D eigenvalue weighted by atomic mass is 10.1. The Morgan fingerprint density at radius 1 is 1.21 bits per heavy atom. The van der Waals surface area contributed by atoms with Crippen molar-refractivity contribution in [2.75, 3.05) is 5.32 Å². The molecule has 0 radical (unpaired) electrons. The highest BCUT2D eigenvalue weighted by molar-refractivity contribution is 5.91. The zero-order chi connectivity index (χ0) is 13.1. The van der Waals surface area contributed by atoms with Gasteiger partial charge in [-0.1, -0.05) is 6.07 Å². The maximum atomic E-state index is 11.8. The minimum Gasteiger partial charge on any atom is -0.443 e. The van der Waals surface area contributed by atoms with E-state index in [1.165, 1.54) is 6.39 Å². The van der Waals surface area contributed by atoms with Gasteiger partial charge in [-0.25, -0.2) is 15.0 Å². The van der Waals surface area contributed by atoms with Gasteiger partial charge in [0.1, 0.15) is 5.52 Å². The van der Waals surface area contributed by atoms with Crippen molar-refractivity contribution in [3.63, 3.8) is 0 Å². The molecule has 0 fully saturated rings. The first-order valence-corrected chi connectivity index (χ1v) is 5.70. The monoisotopic (exact) mass is 254 g/mol. The third-order valence-electron chi connectivity index (χ3n) is 2.58. The fraction of sp³-hybridized carbons (Fsp3) is 0.0769. The van der Waals surface area contributed by atoms with Crippen LogP contribution in [-0.4, -0.2) is 20.9 Å². The number of oxazole rings is 1. The average molecular weight is 254 g/mol. The lowest BCUT2D eigenvalue weighted by Gasteiger charge is -2.03. The highest BCUT2D eigenvalue weighted by Gasteiger charge is 2.07. The summed E-state index contributed by atoms with van der Waals surface area (Å²) in [4.78, 5) is 23.7. The van der Waals surface area contributed by atoms with E-state index in [0.717, 1.165) is 11.1 Å². The van der Waals surface area contributed by atoms with E-state index in [1.807, 2.05) is 12.1 Å². The van der Waals surface area contributed by atoms with Crippen LogP contribution in [0.2, 0.25) is 0 Å². The summed E-state index contributed by atoms with van der Waals surface area (Å²) < 4.78 is 5.19. The second kappa shape index (κ2) is 4.85. The largest absolute Gasteiger partial charge is 0.443 e. The molecule has 0 aliphatic rings. The number of rotatable bonds is 3. The van der Waals surface area contributed by atoms with Gasteiger partial charge in [0.25, 0.3) is 0 Å². The zero-order valence-electron chi connectivity index (χ0n) is 9.91. The molecule has 2 aromatic heterocycles. The van der Waals surface area contributed by atoms with Gasteiger partial charge < -0.3 is 4.42 Å². The third-order valence-corrected chi connectivity index (χ3v) is 2.58. The first-order chi connectivity index (χ1) is 9.31. The molecule has 3 aromatic rings. The molecular formula is C13H10N4O2. The number of hydrogen-bond acceptors (Lipinski definition) is 5. The number of aromatic nitrogens is 3. The van der Waals surface area contributed by atoms with Crippen molar-refractivity contribution >= 4 is 23.0 Å². The molecule has 0 unspecified atom stereocenters. The number of carbonyl (C=O) groups excluding carboxylic acids is 1. The predicted octanol–water partition coefficient (Wildman–Crippen LogP) is 1.80. The van der Waals surface area contributed by atoms with Gasteiger partial charge in [0.15, 0.2) is 12.0 Å². The number of hydrogen-bond donors (Lipinski definition) is 1. The van der Waals surface area contributed by atoms with Crippen LogP contribution in [0.3, 0.4) is 0 Å². The number of amides is 1. The van der Waals surface area contributed by atoms with Gasteiger partial charge >= 0.3 is 0 Å². The van der Waals surface area contributed by atoms with Crippen molar-refractivity contribution in [2.24, 2.45) is 0 Å². The lowest BCUT2D eigenvalue weighted by molar-refractivity contribution is -0.115. The van der Waals surface area contributed by atoms with Crippen LogP contribution in [0.5, 0.6) is 0 Å². The summed E-state index contributed by atoms with van der Waals surface area (Å²) >= 11 is 0. The molecule has 0 saturated carbocycles. The molecule has 0 spiro atoms. The Morgan fingerprint density at radius 2 is 2.05 bits per heavy atom. The molecular weight excluding hydrogens is 244 g/mol. The molecule has 0 bridgehead atoms. The van der Waals surface area contributed by atoms with Crippen LogP contribution in [0.15, 0.2) is 47.5 Å². The number of fused-ring (bicyclic) bond motifs is 1. The van der Waals surface area contributed by atoms with E-state index in [2.05, 4.69) is 20.3 Å². The summed E-state index contributed by atoms with van der Waals surface area (Å²) in [6, 6.07) is 7.15. The Balaban J connectivity index is 1.72. The normalized spacial score (nSPS) is 10.5. The van der Waals surface area contributed by atoms with E-state index >= 15 is 0 Å². The standard InChI is InChI=1S/C13H10N4O2/c18-12(17-13-14-4-1-5-15-13)7-9-2-3-10-11(6-9)19-8-16-10/h1-6,8H,7H2,(H,14,15,17,18). The Morgan fingerprint density at radius 3 is 2.89 bits per heavy atom. The van der Waals surface area contributed by atoms with Crippen LogP contribution in [0.25, 0.3) is 11.1 Å². The van der Waals surface area contributed by atoms with Gasteiger partial charge in [0, 0.05) is 12.4 Å². The van der Waals surface area contributed by atoms with Gasteiger partial charge in [0.2, 0.25) is 11.9 Å². The van der Waals surface area contributed by atoms with Gasteiger partial charge in [-0.2, -0.15) is 0 Å². The molecule has 94 valence electrons. The number of nitrogens with zero attached hydrogens (tertiary/aromatic N) is 3. The molecule has 1 amide bonds. The van der Waals surface area contributed by atoms with Gasteiger partial charge in [-0.05, 0) is 23.8 Å². The van der Waals surface area contributed by atoms with Crippen molar-refractivity contribution in [1.82, 2.24) is 15.0 Å². The van der Waals surface area contributed by atoms with Crippen LogP contribution in [0.1, 0.15) is 5.56 Å². The molecule has 0 atom stereocenters. The molecule has 0 saturated heterocycles. The summed E-state index contributed by atoms with van der Waals surface area (Å²) in [7, 11) is 0. The maximum absolute atomic E-state index is 11.8. The van der Waals surface area contributed by atoms with Crippen LogP contribution >= 0.6 is 0 Å². The Hall–Kier alpha value is -2.76. The van der Waals surface area contributed by atoms with E-state index in [9.17, 15) is 4.79 Å². The van der Waals surface area contributed by atoms with E-state index in [-0.39, 0.29) is 12.3 Å². The number of carbonyl (C=O) groups is 1. The van der Waals surface area contributed by atoms with E-state index in [0.29, 0.717) is 11.5 Å². The highest BCUT2D eigenvalue weighted by atomic mass is 16.3. The molecule has 3 rings (SSSR count). The summed E-state index contributed by atoms with van der Waals surface area (Å²) in [5.41, 5.74) is 2.29. The molecule has 6 nitrogen and oxygen atoms in total. The fourth-order valence-electron chi connectivity index (χ4n) is 1.73. The van der Waals surface area contributed by atoms with Crippen molar-refractivity contribution in [1.29, 1.82) is 0 Å². The summed E-state index contributed by atoms with van der Waals surface area (Å²) in [6.07, 6.45) is 4.76. The van der Waals surface area contributed by atoms with Crippen LogP contribution < -0.4 is 5.32 Å². The number of anilines is 1. The van der Waals surface area contributed by atoms with Crippen LogP contribution in [0, 0.1) is 0 Å². The lowest BCUT2D eigenvalue weighted by Crippen LogP contribution is -2.16. The number of nitrogens with one attached hydrogen (secondary N) is 1. The molecule has 19 heavy (non-hydrogen) atoms. The number of benzene rings is 1. The van der Waals surface area contributed by atoms with Crippen LogP contribution in [-0.2, 0) is 11.2 Å². The maximum Gasteiger partial charge on any atom is 0.231 e. The quantitative estimate of drug-likeness (QED) is 0.770. The second-order valence-electron chi connectivity index (χ2n) is 3.95. The molecule has 2 heterocycles. The first-order valence-electron chi connectivity index (χ1n) is 5.70. The Bertz CT molecular complexity index is 709. The van der Waals surface area contributed by atoms with Gasteiger partial charge in [-0.15, -0.1) is 0 Å². The smallest absolute Gasteiger partial charge is 0.231 e. The highest BCUT2D eigenvalue weighted by Crippen LogP contribution is 2.14. The summed E-state index contributed by atoms with van der Waals surface area (Å²) in [6.45, 7) is 0. The average Bonchev–Trinajstić information content (AvgIpc) is 2.87.